The van der Waals surface area contributed by atoms with E-state index >= 15 is 0 Å². The molecule has 0 bridgehead atoms. The highest BCUT2D eigenvalue weighted by Crippen LogP contribution is 2.30. The molecule has 8 heteroatoms. The SMILES string of the molecule is COc1ccc2nc(NC/C(=C\c3ccc(C(=O)NO)cc3)CCOc3cccc4ccccc34)sc2c1. The summed E-state index contributed by atoms with van der Waals surface area (Å²) in [5.41, 5.74) is 5.01. The third-order valence-corrected chi connectivity index (χ3v) is 7.11. The van der Waals surface area contributed by atoms with Crippen molar-refractivity contribution in [1.82, 2.24) is 10.5 Å². The Morgan fingerprint density at radius 3 is 2.66 bits per heavy atom. The van der Waals surface area contributed by atoms with Gasteiger partial charge in [0.2, 0.25) is 0 Å². The monoisotopic (exact) mass is 525 g/mol. The molecular formula is C30H27N3O4S. The third-order valence-electron chi connectivity index (χ3n) is 6.14. The summed E-state index contributed by atoms with van der Waals surface area (Å²) < 4.78 is 12.6. The zero-order valence-corrected chi connectivity index (χ0v) is 21.6. The first-order valence-corrected chi connectivity index (χ1v) is 13.0. The minimum absolute atomic E-state index is 0.383. The van der Waals surface area contributed by atoms with E-state index in [9.17, 15) is 4.79 Å². The van der Waals surface area contributed by atoms with E-state index in [0.717, 1.165) is 48.8 Å². The maximum Gasteiger partial charge on any atom is 0.274 e. The molecule has 192 valence electrons. The van der Waals surface area contributed by atoms with Crippen molar-refractivity contribution in [2.24, 2.45) is 0 Å². The Bertz CT molecular complexity index is 1590. The van der Waals surface area contributed by atoms with E-state index in [4.69, 9.17) is 19.7 Å². The van der Waals surface area contributed by atoms with Crippen molar-refractivity contribution >= 4 is 49.4 Å². The van der Waals surface area contributed by atoms with Crippen LogP contribution in [0.4, 0.5) is 5.13 Å². The number of hydrogen-bond donors (Lipinski definition) is 3. The van der Waals surface area contributed by atoms with Crippen molar-refractivity contribution in [3.63, 3.8) is 0 Å². The van der Waals surface area contributed by atoms with E-state index in [1.54, 1.807) is 36.1 Å². The number of nitrogens with zero attached hydrogens (tertiary/aromatic N) is 1. The van der Waals surface area contributed by atoms with Crippen LogP contribution in [0.3, 0.4) is 0 Å². The van der Waals surface area contributed by atoms with Crippen molar-refractivity contribution < 1.29 is 19.5 Å². The molecule has 0 fully saturated rings. The van der Waals surface area contributed by atoms with Gasteiger partial charge in [0.25, 0.3) is 5.91 Å². The molecule has 3 N–H and O–H groups in total. The molecule has 1 amide bonds. The molecule has 0 saturated heterocycles. The highest BCUT2D eigenvalue weighted by molar-refractivity contribution is 7.22. The maximum absolute atomic E-state index is 11.7. The van der Waals surface area contributed by atoms with E-state index in [1.165, 1.54) is 0 Å². The van der Waals surface area contributed by atoms with Gasteiger partial charge in [-0.25, -0.2) is 10.5 Å². The number of methoxy groups -OCH3 is 1. The van der Waals surface area contributed by atoms with Gasteiger partial charge < -0.3 is 14.8 Å². The number of anilines is 1. The van der Waals surface area contributed by atoms with E-state index in [1.807, 2.05) is 54.6 Å². The molecule has 38 heavy (non-hydrogen) atoms. The molecular weight excluding hydrogens is 498 g/mol. The molecule has 7 nitrogen and oxygen atoms in total. The van der Waals surface area contributed by atoms with E-state index in [-0.39, 0.29) is 0 Å². The molecule has 0 unspecified atom stereocenters. The number of hydroxylamine groups is 1. The molecule has 0 saturated carbocycles. The van der Waals surface area contributed by atoms with Crippen molar-refractivity contribution in [3.05, 3.63) is 102 Å². The number of rotatable bonds is 10. The molecule has 0 aliphatic carbocycles. The second-order valence-corrected chi connectivity index (χ2v) is 9.68. The molecule has 1 aromatic heterocycles. The predicted octanol–water partition coefficient (Wildman–Crippen LogP) is 6.54. The smallest absolute Gasteiger partial charge is 0.274 e. The van der Waals surface area contributed by atoms with Crippen LogP contribution in [-0.2, 0) is 0 Å². The summed E-state index contributed by atoms with van der Waals surface area (Å²) in [4.78, 5) is 16.4. The van der Waals surface area contributed by atoms with Gasteiger partial charge in [0.05, 0.1) is 23.9 Å². The molecule has 4 aromatic carbocycles. The minimum Gasteiger partial charge on any atom is -0.497 e. The Kier molecular flexibility index (Phi) is 7.82. The molecule has 0 aliphatic rings. The van der Waals surface area contributed by atoms with Crippen LogP contribution >= 0.6 is 11.3 Å². The highest BCUT2D eigenvalue weighted by atomic mass is 32.1. The molecule has 0 aliphatic heterocycles. The summed E-state index contributed by atoms with van der Waals surface area (Å²) in [6.45, 7) is 1.08. The van der Waals surface area contributed by atoms with Crippen LogP contribution in [0, 0.1) is 0 Å². The zero-order chi connectivity index (χ0) is 26.3. The fraction of sp³-hybridized carbons (Fsp3) is 0.133. The normalized spacial score (nSPS) is 11.5. The number of amides is 1. The van der Waals surface area contributed by atoms with E-state index in [2.05, 4.69) is 29.6 Å². The lowest BCUT2D eigenvalue weighted by Crippen LogP contribution is -2.18. The number of fused-ring (bicyclic) bond motifs is 2. The maximum atomic E-state index is 11.7. The van der Waals surface area contributed by atoms with Crippen LogP contribution in [0.15, 0.2) is 90.5 Å². The second kappa shape index (κ2) is 11.8. The Labute approximate surface area is 224 Å². The summed E-state index contributed by atoms with van der Waals surface area (Å²) >= 11 is 1.58. The molecule has 5 aromatic rings. The van der Waals surface area contributed by atoms with Crippen molar-refractivity contribution in [2.45, 2.75) is 6.42 Å². The average Bonchev–Trinajstić information content (AvgIpc) is 3.38. The first kappa shape index (κ1) is 25.3. The lowest BCUT2D eigenvalue weighted by Gasteiger charge is -2.12. The number of benzene rings is 4. The van der Waals surface area contributed by atoms with Gasteiger partial charge in [-0.3, -0.25) is 10.0 Å². The largest absolute Gasteiger partial charge is 0.497 e. The number of nitrogens with one attached hydrogen (secondary N) is 2. The van der Waals surface area contributed by atoms with Crippen LogP contribution in [0.5, 0.6) is 11.5 Å². The van der Waals surface area contributed by atoms with Gasteiger partial charge in [0.1, 0.15) is 11.5 Å². The quantitative estimate of drug-likeness (QED) is 0.142. The molecule has 0 radical (unpaired) electrons. The van der Waals surface area contributed by atoms with Crippen molar-refractivity contribution in [3.8, 4) is 11.5 Å². The predicted molar refractivity (Wildman–Crippen MR) is 152 cm³/mol. The molecule has 5 rings (SSSR count). The third kappa shape index (κ3) is 5.94. The highest BCUT2D eigenvalue weighted by Gasteiger charge is 2.08. The molecule has 0 spiro atoms. The summed E-state index contributed by atoms with van der Waals surface area (Å²) in [5.74, 6) is 1.12. The Hall–Kier alpha value is -4.40. The van der Waals surface area contributed by atoms with Gasteiger partial charge in [-0.1, -0.05) is 65.9 Å². The summed E-state index contributed by atoms with van der Waals surface area (Å²) in [6.07, 6.45) is 2.77. The van der Waals surface area contributed by atoms with Gasteiger partial charge >= 0.3 is 0 Å². The van der Waals surface area contributed by atoms with E-state index in [0.29, 0.717) is 25.1 Å². The first-order chi connectivity index (χ1) is 18.6. The molecule has 0 atom stereocenters. The topological polar surface area (TPSA) is 92.7 Å². The van der Waals surface area contributed by atoms with Gasteiger partial charge in [-0.2, -0.15) is 0 Å². The summed E-state index contributed by atoms with van der Waals surface area (Å²) in [7, 11) is 1.65. The summed E-state index contributed by atoms with van der Waals surface area (Å²) in [5, 5.41) is 15.4. The number of thiazole rings is 1. The van der Waals surface area contributed by atoms with Crippen molar-refractivity contribution in [1.29, 1.82) is 0 Å². The van der Waals surface area contributed by atoms with Gasteiger partial charge in [0, 0.05) is 23.9 Å². The van der Waals surface area contributed by atoms with Crippen LogP contribution in [0.25, 0.3) is 27.1 Å². The lowest BCUT2D eigenvalue weighted by molar-refractivity contribution is 0.0706. The fourth-order valence-electron chi connectivity index (χ4n) is 4.15. The second-order valence-electron chi connectivity index (χ2n) is 8.65. The van der Waals surface area contributed by atoms with Crippen molar-refractivity contribution in [2.75, 3.05) is 25.6 Å². The van der Waals surface area contributed by atoms with Crippen LogP contribution in [-0.4, -0.2) is 36.4 Å². The Morgan fingerprint density at radius 2 is 1.84 bits per heavy atom. The number of hydrogen-bond acceptors (Lipinski definition) is 7. The van der Waals surface area contributed by atoms with Gasteiger partial charge in [-0.05, 0) is 52.9 Å². The molecule has 1 heterocycles. The Morgan fingerprint density at radius 1 is 1.03 bits per heavy atom. The average molecular weight is 526 g/mol. The van der Waals surface area contributed by atoms with E-state index < -0.39 is 5.91 Å². The summed E-state index contributed by atoms with van der Waals surface area (Å²) in [6, 6.07) is 27.1. The standard InChI is InChI=1S/C30H27N3O4S/c1-36-24-13-14-26-28(18-24)38-30(32-26)31-19-21(17-20-9-11-23(12-10-20)29(34)33-35)15-16-37-27-8-4-6-22-5-2-3-7-25(22)27/h2-14,17-18,35H,15-16,19H2,1H3,(H,31,32)(H,33,34)/b21-17-. The van der Waals surface area contributed by atoms with Gasteiger partial charge in [0.15, 0.2) is 5.13 Å². The minimum atomic E-state index is -0.543. The van der Waals surface area contributed by atoms with Crippen LogP contribution in [0.1, 0.15) is 22.3 Å². The number of carbonyl (C=O) groups excluding carboxylic acids is 1. The number of carbonyl (C=O) groups is 1. The lowest BCUT2D eigenvalue weighted by atomic mass is 10.1. The van der Waals surface area contributed by atoms with Crippen LogP contribution in [0.2, 0.25) is 0 Å². The first-order valence-electron chi connectivity index (χ1n) is 12.2. The van der Waals surface area contributed by atoms with Crippen LogP contribution < -0.4 is 20.3 Å². The van der Waals surface area contributed by atoms with Gasteiger partial charge in [-0.15, -0.1) is 0 Å². The fourth-order valence-corrected chi connectivity index (χ4v) is 5.04. The zero-order valence-electron chi connectivity index (χ0n) is 20.8. The Balaban J connectivity index is 1.33. The number of aromatic nitrogens is 1. The number of ether oxygens (including phenoxy) is 2.